The van der Waals surface area contributed by atoms with Crippen molar-refractivity contribution in [3.8, 4) is 17.2 Å². The Balaban J connectivity index is 3.45. The first-order valence-electron chi connectivity index (χ1n) is 4.94. The molecule has 0 saturated heterocycles. The first-order valence-corrected chi connectivity index (χ1v) is 6.35. The molecule has 0 aliphatic rings. The number of nitro groups is 1. The van der Waals surface area contributed by atoms with E-state index in [0.29, 0.717) is 12.1 Å². The number of nitrogens with zero attached hydrogens (tertiary/aromatic N) is 1. The van der Waals surface area contributed by atoms with Gasteiger partial charge in [-0.05, 0) is 0 Å². The monoisotopic (exact) mass is 331 g/mol. The number of rotatable bonds is 5. The molecule has 21 heavy (non-hydrogen) atoms. The maximum absolute atomic E-state index is 12.2. The molecular formula is C9H8F3NO7S. The van der Waals surface area contributed by atoms with E-state index in [4.69, 9.17) is 9.47 Å². The largest absolute Gasteiger partial charge is 0.534 e. The van der Waals surface area contributed by atoms with Gasteiger partial charge in [0.05, 0.1) is 25.2 Å². The van der Waals surface area contributed by atoms with Crippen LogP contribution in [0.4, 0.5) is 18.9 Å². The van der Waals surface area contributed by atoms with Gasteiger partial charge in [0, 0.05) is 6.07 Å². The van der Waals surface area contributed by atoms with Crippen LogP contribution in [0, 0.1) is 10.1 Å². The molecule has 0 N–H and O–H groups in total. The van der Waals surface area contributed by atoms with E-state index in [9.17, 15) is 31.7 Å². The lowest BCUT2D eigenvalue weighted by Crippen LogP contribution is -2.28. The van der Waals surface area contributed by atoms with Gasteiger partial charge in [0.2, 0.25) is 5.75 Å². The second kappa shape index (κ2) is 5.63. The van der Waals surface area contributed by atoms with Crippen molar-refractivity contribution in [2.75, 3.05) is 14.2 Å². The molecule has 8 nitrogen and oxygen atoms in total. The van der Waals surface area contributed by atoms with Crippen LogP contribution in [0.5, 0.6) is 17.2 Å². The third-order valence-electron chi connectivity index (χ3n) is 2.14. The van der Waals surface area contributed by atoms with Gasteiger partial charge < -0.3 is 13.7 Å². The zero-order valence-electron chi connectivity index (χ0n) is 10.5. The zero-order chi connectivity index (χ0) is 16.4. The fraction of sp³-hybridized carbons (Fsp3) is 0.333. The van der Waals surface area contributed by atoms with Crippen molar-refractivity contribution < 1.29 is 40.2 Å². The predicted molar refractivity (Wildman–Crippen MR) is 61.8 cm³/mol. The molecule has 0 atom stereocenters. The minimum atomic E-state index is -6.05. The van der Waals surface area contributed by atoms with E-state index in [1.165, 1.54) is 0 Å². The van der Waals surface area contributed by atoms with Crippen LogP contribution >= 0.6 is 0 Å². The van der Waals surface area contributed by atoms with Gasteiger partial charge in [-0.15, -0.1) is 0 Å². The highest BCUT2D eigenvalue weighted by Gasteiger charge is 2.49. The highest BCUT2D eigenvalue weighted by Crippen LogP contribution is 2.41. The van der Waals surface area contributed by atoms with Crippen LogP contribution in [0.25, 0.3) is 0 Å². The molecule has 0 radical (unpaired) electrons. The predicted octanol–water partition coefficient (Wildman–Crippen LogP) is 1.84. The first-order chi connectivity index (χ1) is 9.53. The number of methoxy groups -OCH3 is 2. The lowest BCUT2D eigenvalue weighted by molar-refractivity contribution is -0.385. The number of nitro benzene ring substituents is 1. The average molecular weight is 331 g/mol. The van der Waals surface area contributed by atoms with Gasteiger partial charge in [0.1, 0.15) is 0 Å². The van der Waals surface area contributed by atoms with E-state index in [1.807, 2.05) is 0 Å². The Kier molecular flexibility index (Phi) is 4.51. The molecule has 0 bridgehead atoms. The van der Waals surface area contributed by atoms with Crippen LogP contribution in [0.3, 0.4) is 0 Å². The summed E-state index contributed by atoms with van der Waals surface area (Å²) in [5.41, 5.74) is -6.76. The molecule has 0 saturated carbocycles. The van der Waals surface area contributed by atoms with E-state index in [2.05, 4.69) is 4.18 Å². The molecule has 0 unspecified atom stereocenters. The van der Waals surface area contributed by atoms with Gasteiger partial charge in [0.25, 0.3) is 0 Å². The maximum Gasteiger partial charge on any atom is 0.534 e. The summed E-state index contributed by atoms with van der Waals surface area (Å²) in [6.45, 7) is 0. The van der Waals surface area contributed by atoms with Crippen LogP contribution in [0.1, 0.15) is 0 Å². The summed E-state index contributed by atoms with van der Waals surface area (Å²) in [6.07, 6.45) is 0. The Morgan fingerprint density at radius 1 is 1.10 bits per heavy atom. The molecule has 1 aromatic rings. The Labute approximate surface area is 116 Å². The molecule has 0 heterocycles. The lowest BCUT2D eigenvalue weighted by Gasteiger charge is -2.12. The molecule has 1 rings (SSSR count). The van der Waals surface area contributed by atoms with Crippen molar-refractivity contribution >= 4 is 15.8 Å². The van der Waals surface area contributed by atoms with E-state index in [-0.39, 0.29) is 11.5 Å². The summed E-state index contributed by atoms with van der Waals surface area (Å²) < 4.78 is 71.7. The van der Waals surface area contributed by atoms with Gasteiger partial charge in [-0.1, -0.05) is 0 Å². The highest BCUT2D eigenvalue weighted by molar-refractivity contribution is 7.88. The van der Waals surface area contributed by atoms with Gasteiger partial charge in [-0.3, -0.25) is 10.1 Å². The molecule has 0 aromatic heterocycles. The average Bonchev–Trinajstić information content (AvgIpc) is 2.36. The molecule has 12 heteroatoms. The minimum Gasteiger partial charge on any atom is -0.493 e. The third kappa shape index (κ3) is 3.45. The standard InChI is InChI=1S/C9H8F3NO7S/c1-18-7-3-5(13(14)15)6(4-8(7)19-2)20-21(16,17)9(10,11)12/h3-4H,1-2H3. The van der Waals surface area contributed by atoms with Crippen molar-refractivity contribution in [1.82, 2.24) is 0 Å². The Morgan fingerprint density at radius 3 is 1.95 bits per heavy atom. The summed E-state index contributed by atoms with van der Waals surface area (Å²) in [5.74, 6) is -1.56. The van der Waals surface area contributed by atoms with Crippen LogP contribution in [0.15, 0.2) is 12.1 Å². The van der Waals surface area contributed by atoms with Crippen molar-refractivity contribution in [3.63, 3.8) is 0 Å². The van der Waals surface area contributed by atoms with Crippen molar-refractivity contribution in [1.29, 1.82) is 0 Å². The highest BCUT2D eigenvalue weighted by atomic mass is 32.2. The quantitative estimate of drug-likeness (QED) is 0.351. The number of hydrogen-bond acceptors (Lipinski definition) is 7. The third-order valence-corrected chi connectivity index (χ3v) is 3.11. The summed E-state index contributed by atoms with van der Waals surface area (Å²) >= 11 is 0. The van der Waals surface area contributed by atoms with Gasteiger partial charge in [0.15, 0.2) is 11.5 Å². The fourth-order valence-corrected chi connectivity index (χ4v) is 1.69. The topological polar surface area (TPSA) is 105 Å². The number of benzene rings is 1. The van der Waals surface area contributed by atoms with Gasteiger partial charge in [-0.25, -0.2) is 0 Å². The fourth-order valence-electron chi connectivity index (χ4n) is 1.22. The lowest BCUT2D eigenvalue weighted by atomic mass is 10.2. The zero-order valence-corrected chi connectivity index (χ0v) is 11.3. The molecule has 118 valence electrons. The second-order valence-corrected chi connectivity index (χ2v) is 4.95. The van der Waals surface area contributed by atoms with Crippen LogP contribution in [0.2, 0.25) is 0 Å². The van der Waals surface area contributed by atoms with Gasteiger partial charge >= 0.3 is 21.3 Å². The minimum absolute atomic E-state index is 0.180. The first kappa shape index (κ1) is 16.8. The number of halogens is 3. The van der Waals surface area contributed by atoms with Gasteiger partial charge in [-0.2, -0.15) is 21.6 Å². The van der Waals surface area contributed by atoms with E-state index >= 15 is 0 Å². The molecule has 0 aliphatic carbocycles. The molecule has 0 spiro atoms. The normalized spacial score (nSPS) is 11.9. The summed E-state index contributed by atoms with van der Waals surface area (Å²) in [5, 5.41) is 10.8. The molecule has 0 fully saturated rings. The van der Waals surface area contributed by atoms with Crippen LogP contribution < -0.4 is 13.7 Å². The van der Waals surface area contributed by atoms with E-state index in [1.54, 1.807) is 0 Å². The number of alkyl halides is 3. The van der Waals surface area contributed by atoms with E-state index < -0.39 is 32.0 Å². The SMILES string of the molecule is COc1cc(OS(=O)(=O)C(F)(F)F)c([N+](=O)[O-])cc1OC. The smallest absolute Gasteiger partial charge is 0.493 e. The summed E-state index contributed by atoms with van der Waals surface area (Å²) in [6, 6.07) is 1.29. The Hall–Kier alpha value is -2.24. The summed E-state index contributed by atoms with van der Waals surface area (Å²) in [7, 11) is -3.82. The second-order valence-electron chi connectivity index (χ2n) is 3.42. The van der Waals surface area contributed by atoms with Crippen molar-refractivity contribution in [2.45, 2.75) is 5.51 Å². The van der Waals surface area contributed by atoms with Crippen LogP contribution in [-0.2, 0) is 10.1 Å². The molecule has 0 amide bonds. The molecular weight excluding hydrogens is 323 g/mol. The van der Waals surface area contributed by atoms with E-state index in [0.717, 1.165) is 14.2 Å². The number of hydrogen-bond donors (Lipinski definition) is 0. The maximum atomic E-state index is 12.2. The number of ether oxygens (including phenoxy) is 2. The summed E-state index contributed by atoms with van der Waals surface area (Å²) in [4.78, 5) is 9.66. The Morgan fingerprint density at radius 2 is 1.57 bits per heavy atom. The Bertz CT molecular complexity index is 656. The molecule has 1 aromatic carbocycles. The van der Waals surface area contributed by atoms with Crippen molar-refractivity contribution in [2.24, 2.45) is 0 Å². The molecule has 0 aliphatic heterocycles. The van der Waals surface area contributed by atoms with Crippen LogP contribution in [-0.4, -0.2) is 33.1 Å². The van der Waals surface area contributed by atoms with Crippen molar-refractivity contribution in [3.05, 3.63) is 22.2 Å².